The van der Waals surface area contributed by atoms with Crippen LogP contribution in [0.2, 0.25) is 0 Å². The Morgan fingerprint density at radius 3 is 2.40 bits per heavy atom. The Bertz CT molecular complexity index is 1160. The fraction of sp³-hybridized carbons (Fsp3) is 0.192. The van der Waals surface area contributed by atoms with Gasteiger partial charge in [0.1, 0.15) is 11.6 Å². The molecule has 1 aliphatic heterocycles. The second-order valence-corrected chi connectivity index (χ2v) is 7.88. The minimum absolute atomic E-state index is 0.221. The number of rotatable bonds is 4. The first kappa shape index (κ1) is 18.8. The average Bonchev–Trinajstić information content (AvgIpc) is 3.11. The molecule has 0 unspecified atom stereocenters. The summed E-state index contributed by atoms with van der Waals surface area (Å²) in [6.07, 6.45) is 0.928. The summed E-state index contributed by atoms with van der Waals surface area (Å²) >= 11 is 0. The Labute approximate surface area is 176 Å². The van der Waals surface area contributed by atoms with Crippen molar-refractivity contribution in [1.29, 1.82) is 0 Å². The summed E-state index contributed by atoms with van der Waals surface area (Å²) in [4.78, 5) is 7.36. The summed E-state index contributed by atoms with van der Waals surface area (Å²) in [7, 11) is 2.06. The number of fused-ring (bicyclic) bond motifs is 1. The number of benzene rings is 3. The van der Waals surface area contributed by atoms with E-state index in [9.17, 15) is 4.39 Å². The van der Waals surface area contributed by atoms with Gasteiger partial charge in [-0.3, -0.25) is 4.90 Å². The van der Waals surface area contributed by atoms with Crippen LogP contribution in [0.4, 0.5) is 4.39 Å². The van der Waals surface area contributed by atoms with Crippen LogP contribution in [-0.4, -0.2) is 21.0 Å². The number of hydrogen-bond donors (Lipinski definition) is 0. The van der Waals surface area contributed by atoms with Gasteiger partial charge in [-0.25, -0.2) is 9.37 Å². The van der Waals surface area contributed by atoms with E-state index in [1.165, 1.54) is 34.5 Å². The number of nitrogens with zero attached hydrogens (tertiary/aromatic N) is 3. The van der Waals surface area contributed by atoms with Gasteiger partial charge >= 0.3 is 0 Å². The molecule has 0 radical (unpaired) electrons. The number of imidazole rings is 1. The maximum atomic E-state index is 13.3. The molecule has 0 fully saturated rings. The van der Waals surface area contributed by atoms with Gasteiger partial charge in [-0.1, -0.05) is 54.6 Å². The molecule has 1 aromatic heterocycles. The molecule has 0 saturated carbocycles. The zero-order valence-corrected chi connectivity index (χ0v) is 17.1. The van der Waals surface area contributed by atoms with Crippen LogP contribution in [0.1, 0.15) is 17.0 Å². The number of aromatic nitrogens is 2. The molecule has 4 heteroatoms. The maximum absolute atomic E-state index is 13.3. The van der Waals surface area contributed by atoms with E-state index in [1.807, 2.05) is 0 Å². The van der Waals surface area contributed by atoms with Gasteiger partial charge in [0, 0.05) is 38.7 Å². The SMILES string of the molecule is Cn1c(-c2ccc(F)cc2)nc2c1CN(Cc1ccccc1-c1ccccc1)CC2. The summed E-state index contributed by atoms with van der Waals surface area (Å²) in [6.45, 7) is 2.75. The molecule has 0 aliphatic carbocycles. The summed E-state index contributed by atoms with van der Waals surface area (Å²) in [6, 6.07) is 25.8. The minimum atomic E-state index is -0.221. The fourth-order valence-electron chi connectivity index (χ4n) is 4.33. The van der Waals surface area contributed by atoms with E-state index >= 15 is 0 Å². The molecule has 3 aromatic carbocycles. The zero-order valence-electron chi connectivity index (χ0n) is 17.1. The van der Waals surface area contributed by atoms with Crippen molar-refractivity contribution >= 4 is 0 Å². The molecule has 30 heavy (non-hydrogen) atoms. The van der Waals surface area contributed by atoms with Crippen LogP contribution in [0.3, 0.4) is 0 Å². The molecular weight excluding hydrogens is 373 g/mol. The highest BCUT2D eigenvalue weighted by Gasteiger charge is 2.24. The van der Waals surface area contributed by atoms with Gasteiger partial charge in [-0.15, -0.1) is 0 Å². The van der Waals surface area contributed by atoms with E-state index in [4.69, 9.17) is 4.98 Å². The van der Waals surface area contributed by atoms with Gasteiger partial charge in [-0.2, -0.15) is 0 Å². The van der Waals surface area contributed by atoms with E-state index in [0.717, 1.165) is 43.1 Å². The molecule has 0 atom stereocenters. The van der Waals surface area contributed by atoms with Gasteiger partial charge in [0.2, 0.25) is 0 Å². The summed E-state index contributed by atoms with van der Waals surface area (Å²) in [5, 5.41) is 0. The molecule has 0 amide bonds. The van der Waals surface area contributed by atoms with Crippen molar-refractivity contribution < 1.29 is 4.39 Å². The summed E-state index contributed by atoms with van der Waals surface area (Å²) in [5.41, 5.74) is 7.25. The molecule has 0 bridgehead atoms. The van der Waals surface area contributed by atoms with Crippen molar-refractivity contribution in [1.82, 2.24) is 14.5 Å². The Kier molecular flexibility index (Phi) is 4.93. The van der Waals surface area contributed by atoms with Crippen LogP contribution in [0.5, 0.6) is 0 Å². The molecule has 1 aliphatic rings. The van der Waals surface area contributed by atoms with E-state index in [-0.39, 0.29) is 5.82 Å². The Morgan fingerprint density at radius 1 is 0.867 bits per heavy atom. The average molecular weight is 397 g/mol. The lowest BCUT2D eigenvalue weighted by Crippen LogP contribution is -2.31. The van der Waals surface area contributed by atoms with Gasteiger partial charge in [0.25, 0.3) is 0 Å². The van der Waals surface area contributed by atoms with Crippen LogP contribution in [0.25, 0.3) is 22.5 Å². The molecule has 150 valence electrons. The smallest absolute Gasteiger partial charge is 0.140 e. The highest BCUT2D eigenvalue weighted by molar-refractivity contribution is 5.67. The van der Waals surface area contributed by atoms with Crippen LogP contribution >= 0.6 is 0 Å². The van der Waals surface area contributed by atoms with Crippen LogP contribution in [0, 0.1) is 5.82 Å². The first-order chi connectivity index (χ1) is 14.7. The van der Waals surface area contributed by atoms with Crippen molar-refractivity contribution in [3.8, 4) is 22.5 Å². The third kappa shape index (κ3) is 3.55. The molecule has 0 N–H and O–H groups in total. The third-order valence-corrected chi connectivity index (χ3v) is 5.93. The second-order valence-electron chi connectivity index (χ2n) is 7.88. The summed E-state index contributed by atoms with van der Waals surface area (Å²) < 4.78 is 15.5. The minimum Gasteiger partial charge on any atom is -0.330 e. The third-order valence-electron chi connectivity index (χ3n) is 5.93. The number of hydrogen-bond acceptors (Lipinski definition) is 2. The van der Waals surface area contributed by atoms with Crippen molar-refractivity contribution in [2.45, 2.75) is 19.5 Å². The highest BCUT2D eigenvalue weighted by atomic mass is 19.1. The van der Waals surface area contributed by atoms with Crippen molar-refractivity contribution in [2.75, 3.05) is 6.54 Å². The van der Waals surface area contributed by atoms with E-state index in [0.29, 0.717) is 0 Å². The predicted molar refractivity (Wildman–Crippen MR) is 118 cm³/mol. The van der Waals surface area contributed by atoms with Crippen molar-refractivity contribution in [2.24, 2.45) is 7.05 Å². The summed E-state index contributed by atoms with van der Waals surface area (Å²) in [5.74, 6) is 0.688. The predicted octanol–water partition coefficient (Wildman–Crippen LogP) is 5.45. The number of halogens is 1. The Balaban J connectivity index is 1.40. The fourth-order valence-corrected chi connectivity index (χ4v) is 4.33. The molecule has 2 heterocycles. The zero-order chi connectivity index (χ0) is 20.5. The van der Waals surface area contributed by atoms with Crippen molar-refractivity contribution in [3.05, 3.63) is 102 Å². The highest BCUT2D eigenvalue weighted by Crippen LogP contribution is 2.29. The normalized spacial score (nSPS) is 13.9. The first-order valence-corrected chi connectivity index (χ1v) is 10.3. The lowest BCUT2D eigenvalue weighted by atomic mass is 9.99. The Hall–Kier alpha value is -3.24. The molecule has 0 spiro atoms. The van der Waals surface area contributed by atoms with Crippen LogP contribution in [-0.2, 0) is 26.6 Å². The van der Waals surface area contributed by atoms with E-state index in [2.05, 4.69) is 71.1 Å². The lowest BCUT2D eigenvalue weighted by Gasteiger charge is -2.28. The van der Waals surface area contributed by atoms with E-state index < -0.39 is 0 Å². The second kappa shape index (κ2) is 7.88. The van der Waals surface area contributed by atoms with Crippen LogP contribution in [0.15, 0.2) is 78.9 Å². The van der Waals surface area contributed by atoms with Gasteiger partial charge in [0.15, 0.2) is 0 Å². The van der Waals surface area contributed by atoms with Gasteiger partial charge in [0.05, 0.1) is 11.4 Å². The Morgan fingerprint density at radius 2 is 1.60 bits per heavy atom. The molecule has 0 saturated heterocycles. The van der Waals surface area contributed by atoms with Crippen LogP contribution < -0.4 is 0 Å². The lowest BCUT2D eigenvalue weighted by molar-refractivity contribution is 0.238. The molecule has 5 rings (SSSR count). The van der Waals surface area contributed by atoms with Gasteiger partial charge < -0.3 is 4.57 Å². The molecular formula is C26H24FN3. The maximum Gasteiger partial charge on any atom is 0.140 e. The van der Waals surface area contributed by atoms with Gasteiger partial charge in [-0.05, 0) is 41.0 Å². The standard InChI is InChI=1S/C26H24FN3/c1-29-25-18-30(16-15-24(25)28-26(29)20-11-13-22(27)14-12-20)17-21-9-5-6-10-23(21)19-7-3-2-4-8-19/h2-14H,15-18H2,1H3. The monoisotopic (exact) mass is 397 g/mol. The molecule has 4 aromatic rings. The topological polar surface area (TPSA) is 21.1 Å². The van der Waals surface area contributed by atoms with E-state index in [1.54, 1.807) is 12.1 Å². The largest absolute Gasteiger partial charge is 0.330 e. The molecule has 3 nitrogen and oxygen atoms in total. The quantitative estimate of drug-likeness (QED) is 0.456. The van der Waals surface area contributed by atoms with Crippen molar-refractivity contribution in [3.63, 3.8) is 0 Å². The first-order valence-electron chi connectivity index (χ1n) is 10.3.